The molecule has 4 aromatic rings. The number of halogens is 1. The fourth-order valence-corrected chi connectivity index (χ4v) is 2.89. The van der Waals surface area contributed by atoms with Gasteiger partial charge in [-0.15, -0.1) is 0 Å². The van der Waals surface area contributed by atoms with Gasteiger partial charge in [-0.05, 0) is 36.4 Å². The van der Waals surface area contributed by atoms with Gasteiger partial charge in [0, 0.05) is 17.7 Å². The van der Waals surface area contributed by atoms with Gasteiger partial charge >= 0.3 is 5.69 Å². The van der Waals surface area contributed by atoms with Crippen molar-refractivity contribution in [3.63, 3.8) is 0 Å². The monoisotopic (exact) mass is 382 g/mol. The highest BCUT2D eigenvalue weighted by molar-refractivity contribution is 6.33. The molecule has 0 aliphatic carbocycles. The van der Waals surface area contributed by atoms with Crippen LogP contribution in [0.3, 0.4) is 0 Å². The maximum absolute atomic E-state index is 11.3. The second-order valence-electron chi connectivity index (χ2n) is 5.69. The third-order valence-electron chi connectivity index (χ3n) is 3.90. The summed E-state index contributed by atoms with van der Waals surface area (Å²) in [6, 6.07) is 12.9. The Kier molecular flexibility index (Phi) is 4.09. The molecule has 2 N–H and O–H groups in total. The third-order valence-corrected chi connectivity index (χ3v) is 4.21. The number of nitro benzene ring substituents is 1. The molecule has 0 aliphatic heterocycles. The average molecular weight is 383 g/mol. The number of aliphatic imine (C=N–C) groups is 1. The van der Waals surface area contributed by atoms with Crippen LogP contribution in [-0.4, -0.2) is 21.1 Å². The lowest BCUT2D eigenvalue weighted by atomic mass is 10.1. The highest BCUT2D eigenvalue weighted by Gasteiger charge is 2.13. The van der Waals surface area contributed by atoms with Crippen molar-refractivity contribution < 1.29 is 9.34 Å². The zero-order valence-corrected chi connectivity index (χ0v) is 14.4. The Morgan fingerprint density at radius 1 is 1.07 bits per heavy atom. The summed E-state index contributed by atoms with van der Waals surface area (Å²) in [5.41, 5.74) is 2.19. The summed E-state index contributed by atoms with van der Waals surface area (Å²) >= 11 is 6.12. The van der Waals surface area contributed by atoms with Crippen LogP contribution in [0, 0.1) is 10.1 Å². The number of aromatic nitrogens is 2. The lowest BCUT2D eigenvalue weighted by Gasteiger charge is -2.00. The molecule has 0 radical (unpaired) electrons. The maximum atomic E-state index is 11.3. The number of furan rings is 1. The number of nitrogens with zero attached hydrogens (tertiary/aromatic N) is 2. The van der Waals surface area contributed by atoms with Crippen molar-refractivity contribution in [2.24, 2.45) is 4.99 Å². The normalized spacial score (nSPS) is 11.4. The molecule has 2 heterocycles. The Balaban J connectivity index is 1.59. The molecule has 0 bridgehead atoms. The van der Waals surface area contributed by atoms with Crippen LogP contribution in [0.25, 0.3) is 22.4 Å². The van der Waals surface area contributed by atoms with Crippen LogP contribution in [0.1, 0.15) is 5.76 Å². The second kappa shape index (κ2) is 6.58. The van der Waals surface area contributed by atoms with Crippen LogP contribution in [0.15, 0.2) is 62.7 Å². The molecule has 0 spiro atoms. The van der Waals surface area contributed by atoms with E-state index in [1.54, 1.807) is 30.3 Å². The summed E-state index contributed by atoms with van der Waals surface area (Å²) in [7, 11) is 0. The first-order valence-corrected chi connectivity index (χ1v) is 8.18. The highest BCUT2D eigenvalue weighted by atomic mass is 35.5. The summed E-state index contributed by atoms with van der Waals surface area (Å²) in [6.07, 6.45) is 1.54. The minimum atomic E-state index is -0.509. The van der Waals surface area contributed by atoms with Gasteiger partial charge in [-0.2, -0.15) is 0 Å². The van der Waals surface area contributed by atoms with Gasteiger partial charge in [0.05, 0.1) is 32.9 Å². The molecule has 0 unspecified atom stereocenters. The number of benzene rings is 2. The predicted molar refractivity (Wildman–Crippen MR) is 102 cm³/mol. The average Bonchev–Trinajstić information content (AvgIpc) is 3.24. The van der Waals surface area contributed by atoms with E-state index in [2.05, 4.69) is 15.0 Å². The van der Waals surface area contributed by atoms with Crippen LogP contribution < -0.4 is 5.69 Å². The number of rotatable bonds is 4. The number of aromatic amines is 2. The quantitative estimate of drug-likeness (QED) is 0.308. The van der Waals surface area contributed by atoms with Gasteiger partial charge in [-0.3, -0.25) is 15.1 Å². The lowest BCUT2D eigenvalue weighted by molar-refractivity contribution is -0.384. The number of fused-ring (bicyclic) bond motifs is 1. The number of non-ortho nitro benzene ring substituents is 1. The molecule has 0 saturated heterocycles. The number of H-pyrrole nitrogens is 2. The summed E-state index contributed by atoms with van der Waals surface area (Å²) in [4.78, 5) is 31.2. The Morgan fingerprint density at radius 2 is 1.89 bits per heavy atom. The largest absolute Gasteiger partial charge is 0.455 e. The fourth-order valence-electron chi connectivity index (χ4n) is 2.62. The van der Waals surface area contributed by atoms with Gasteiger partial charge in [0.2, 0.25) is 0 Å². The van der Waals surface area contributed by atoms with E-state index >= 15 is 0 Å². The molecule has 2 aromatic carbocycles. The molecule has 0 saturated carbocycles. The molecule has 4 rings (SSSR count). The van der Waals surface area contributed by atoms with Gasteiger partial charge < -0.3 is 14.4 Å². The van der Waals surface area contributed by atoms with Crippen LogP contribution in [-0.2, 0) is 0 Å². The zero-order chi connectivity index (χ0) is 19.0. The number of hydrogen-bond acceptors (Lipinski definition) is 5. The molecule has 2 aromatic heterocycles. The Hall–Kier alpha value is -3.65. The molecule has 0 amide bonds. The van der Waals surface area contributed by atoms with Crippen molar-refractivity contribution in [2.75, 3.05) is 0 Å². The summed E-state index contributed by atoms with van der Waals surface area (Å²) in [5, 5.41) is 11.0. The molecule has 9 heteroatoms. The van der Waals surface area contributed by atoms with E-state index in [1.165, 1.54) is 24.4 Å². The van der Waals surface area contributed by atoms with Crippen molar-refractivity contribution in [3.05, 3.63) is 79.9 Å². The van der Waals surface area contributed by atoms with Crippen molar-refractivity contribution in [2.45, 2.75) is 0 Å². The highest BCUT2D eigenvalue weighted by Crippen LogP contribution is 2.32. The van der Waals surface area contributed by atoms with Crippen LogP contribution in [0.5, 0.6) is 0 Å². The third kappa shape index (κ3) is 3.38. The second-order valence-corrected chi connectivity index (χ2v) is 6.10. The fraction of sp³-hybridized carbons (Fsp3) is 0. The van der Waals surface area contributed by atoms with Crippen molar-refractivity contribution in [1.29, 1.82) is 0 Å². The van der Waals surface area contributed by atoms with Gasteiger partial charge in [0.1, 0.15) is 11.5 Å². The van der Waals surface area contributed by atoms with Gasteiger partial charge in [-0.1, -0.05) is 11.6 Å². The summed E-state index contributed by atoms with van der Waals surface area (Å²) in [5.74, 6) is 0.962. The molecular formula is C18H11ClN4O4. The van der Waals surface area contributed by atoms with Crippen molar-refractivity contribution in [1.82, 2.24) is 9.97 Å². The zero-order valence-electron chi connectivity index (χ0n) is 13.6. The molecular weight excluding hydrogens is 372 g/mol. The first kappa shape index (κ1) is 16.8. The standard InChI is InChI=1S/C18H11ClN4O4/c19-14-8-11(23(25)26)2-4-13(14)17-6-3-12(27-17)9-20-10-1-5-15-16(7-10)22-18(24)21-15/h1-9H,(H2,21,22,24). The number of nitro groups is 1. The van der Waals surface area contributed by atoms with E-state index in [9.17, 15) is 14.9 Å². The predicted octanol–water partition coefficient (Wildman–Crippen LogP) is 4.43. The minimum Gasteiger partial charge on any atom is -0.455 e. The smallest absolute Gasteiger partial charge is 0.323 e. The first-order chi connectivity index (χ1) is 13.0. The molecule has 0 atom stereocenters. The van der Waals surface area contributed by atoms with Gasteiger partial charge in [-0.25, -0.2) is 4.79 Å². The molecule has 0 aliphatic rings. The number of nitrogens with one attached hydrogen (secondary N) is 2. The molecule has 27 heavy (non-hydrogen) atoms. The van der Waals surface area contributed by atoms with E-state index in [-0.39, 0.29) is 16.4 Å². The van der Waals surface area contributed by atoms with Crippen LogP contribution in [0.4, 0.5) is 11.4 Å². The molecule has 0 fully saturated rings. The minimum absolute atomic E-state index is 0.0877. The first-order valence-electron chi connectivity index (χ1n) is 7.80. The van der Waals surface area contributed by atoms with E-state index in [1.807, 2.05) is 0 Å². The Labute approximate surface area is 156 Å². The maximum Gasteiger partial charge on any atom is 0.323 e. The molecule has 134 valence electrons. The van der Waals surface area contributed by atoms with Crippen molar-refractivity contribution in [3.8, 4) is 11.3 Å². The number of imidazole rings is 1. The lowest BCUT2D eigenvalue weighted by Crippen LogP contribution is -1.99. The molecule has 8 nitrogen and oxygen atoms in total. The SMILES string of the molecule is O=c1[nH]c2ccc(N=Cc3ccc(-c4ccc([N+](=O)[O-])cc4Cl)o3)cc2[nH]1. The summed E-state index contributed by atoms with van der Waals surface area (Å²) in [6.45, 7) is 0. The van der Waals surface area contributed by atoms with Gasteiger partial charge in [0.25, 0.3) is 5.69 Å². The Bertz CT molecular complexity index is 1250. The topological polar surface area (TPSA) is 117 Å². The summed E-state index contributed by atoms with van der Waals surface area (Å²) < 4.78 is 5.70. The van der Waals surface area contributed by atoms with E-state index < -0.39 is 4.92 Å². The van der Waals surface area contributed by atoms with Gasteiger partial charge in [0.15, 0.2) is 0 Å². The van der Waals surface area contributed by atoms with Crippen LogP contribution >= 0.6 is 11.6 Å². The van der Waals surface area contributed by atoms with E-state index in [4.69, 9.17) is 16.0 Å². The number of hydrogen-bond donors (Lipinski definition) is 2. The van der Waals surface area contributed by atoms with Crippen LogP contribution in [0.2, 0.25) is 5.02 Å². The van der Waals surface area contributed by atoms with E-state index in [0.29, 0.717) is 33.8 Å². The van der Waals surface area contributed by atoms with E-state index in [0.717, 1.165) is 0 Å². The van der Waals surface area contributed by atoms with Crippen molar-refractivity contribution >= 4 is 40.2 Å². The Morgan fingerprint density at radius 3 is 2.67 bits per heavy atom.